The molecule has 1 amide bonds. The quantitative estimate of drug-likeness (QED) is 0.564. The zero-order valence-electron chi connectivity index (χ0n) is 15.7. The molecule has 0 aromatic heterocycles. The highest BCUT2D eigenvalue weighted by molar-refractivity contribution is 5.85. The van der Waals surface area contributed by atoms with Crippen molar-refractivity contribution in [1.29, 1.82) is 0 Å². The molecule has 2 rings (SSSR count). The minimum absolute atomic E-state index is 0. The number of aryl methyl sites for hydroxylation is 1. The molecular formula is C21H29ClN2O2. The summed E-state index contributed by atoms with van der Waals surface area (Å²) < 4.78 is 5.74. The van der Waals surface area contributed by atoms with Crippen molar-refractivity contribution < 1.29 is 9.53 Å². The zero-order valence-corrected chi connectivity index (χ0v) is 16.6. The number of nitrogens with one attached hydrogen (secondary N) is 1. The third-order valence-corrected chi connectivity index (χ3v) is 4.07. The van der Waals surface area contributed by atoms with Crippen LogP contribution < -0.4 is 15.8 Å². The van der Waals surface area contributed by atoms with Gasteiger partial charge in [0.1, 0.15) is 12.4 Å². The maximum Gasteiger partial charge on any atom is 0.220 e. The van der Waals surface area contributed by atoms with Crippen molar-refractivity contribution in [3.63, 3.8) is 0 Å². The van der Waals surface area contributed by atoms with Gasteiger partial charge in [0.05, 0.1) is 6.54 Å². The molecule has 0 unspecified atom stereocenters. The summed E-state index contributed by atoms with van der Waals surface area (Å²) >= 11 is 0. The first-order chi connectivity index (χ1) is 11.9. The average Bonchev–Trinajstić information content (AvgIpc) is 2.57. The van der Waals surface area contributed by atoms with Gasteiger partial charge in [-0.3, -0.25) is 4.79 Å². The molecule has 2 aromatic carbocycles. The van der Waals surface area contributed by atoms with E-state index in [-0.39, 0.29) is 23.7 Å². The minimum atomic E-state index is 0. The second-order valence-electron chi connectivity index (χ2n) is 7.18. The molecule has 5 heteroatoms. The first kappa shape index (κ1) is 21.8. The van der Waals surface area contributed by atoms with Crippen LogP contribution in [0.1, 0.15) is 38.3 Å². The maximum absolute atomic E-state index is 11.9. The SMILES string of the molecule is CC(C)(C)c1cccc(OCCNC(=O)CCc2ccccc2N)c1.Cl. The summed E-state index contributed by atoms with van der Waals surface area (Å²) in [5.41, 5.74) is 8.95. The minimum Gasteiger partial charge on any atom is -0.492 e. The molecule has 142 valence electrons. The molecule has 0 spiro atoms. The summed E-state index contributed by atoms with van der Waals surface area (Å²) in [5.74, 6) is 0.842. The molecule has 0 aliphatic heterocycles. The lowest BCUT2D eigenvalue weighted by molar-refractivity contribution is -0.121. The lowest BCUT2D eigenvalue weighted by Crippen LogP contribution is -2.28. The largest absolute Gasteiger partial charge is 0.492 e. The third kappa shape index (κ3) is 6.96. The molecule has 4 nitrogen and oxygen atoms in total. The van der Waals surface area contributed by atoms with Crippen molar-refractivity contribution in [2.24, 2.45) is 0 Å². The van der Waals surface area contributed by atoms with E-state index in [1.807, 2.05) is 36.4 Å². The Morgan fingerprint density at radius 2 is 1.85 bits per heavy atom. The number of carbonyl (C=O) groups excluding carboxylic acids is 1. The number of amides is 1. The van der Waals surface area contributed by atoms with E-state index < -0.39 is 0 Å². The van der Waals surface area contributed by atoms with Crippen LogP contribution in [0.15, 0.2) is 48.5 Å². The molecule has 0 aliphatic carbocycles. The fourth-order valence-electron chi connectivity index (χ4n) is 2.51. The topological polar surface area (TPSA) is 64.3 Å². The predicted octanol–water partition coefficient (Wildman–Crippen LogP) is 4.12. The van der Waals surface area contributed by atoms with E-state index in [4.69, 9.17) is 10.5 Å². The monoisotopic (exact) mass is 376 g/mol. The molecule has 3 N–H and O–H groups in total. The third-order valence-electron chi connectivity index (χ3n) is 4.07. The van der Waals surface area contributed by atoms with Gasteiger partial charge in [-0.1, -0.05) is 51.1 Å². The van der Waals surface area contributed by atoms with Crippen LogP contribution in [0.5, 0.6) is 5.75 Å². The second kappa shape index (κ2) is 10.1. The molecular weight excluding hydrogens is 348 g/mol. The Balaban J connectivity index is 0.00000338. The van der Waals surface area contributed by atoms with Crippen LogP contribution in [-0.4, -0.2) is 19.1 Å². The second-order valence-corrected chi connectivity index (χ2v) is 7.18. The number of benzene rings is 2. The van der Waals surface area contributed by atoms with Crippen molar-refractivity contribution in [2.45, 2.75) is 39.0 Å². The van der Waals surface area contributed by atoms with Gasteiger partial charge in [-0.15, -0.1) is 12.4 Å². The molecule has 0 saturated carbocycles. The van der Waals surface area contributed by atoms with Crippen molar-refractivity contribution >= 4 is 24.0 Å². The van der Waals surface area contributed by atoms with E-state index in [0.29, 0.717) is 26.0 Å². The van der Waals surface area contributed by atoms with Gasteiger partial charge >= 0.3 is 0 Å². The standard InChI is InChI=1S/C21H28N2O2.ClH/c1-21(2,3)17-8-6-9-18(15-17)25-14-13-23-20(24)12-11-16-7-4-5-10-19(16)22;/h4-10,15H,11-14,22H2,1-3H3,(H,23,24);1H. The molecule has 0 saturated heterocycles. The number of halogens is 1. The van der Waals surface area contributed by atoms with Crippen LogP contribution in [0.4, 0.5) is 5.69 Å². The zero-order chi connectivity index (χ0) is 18.3. The lowest BCUT2D eigenvalue weighted by Gasteiger charge is -2.19. The van der Waals surface area contributed by atoms with E-state index in [0.717, 1.165) is 17.0 Å². The average molecular weight is 377 g/mol. The number of para-hydroxylation sites is 1. The van der Waals surface area contributed by atoms with Crippen molar-refractivity contribution in [2.75, 3.05) is 18.9 Å². The summed E-state index contributed by atoms with van der Waals surface area (Å²) in [5, 5.41) is 2.88. The number of nitrogens with two attached hydrogens (primary N) is 1. The van der Waals surface area contributed by atoms with Crippen LogP contribution in [-0.2, 0) is 16.6 Å². The summed E-state index contributed by atoms with van der Waals surface area (Å²) in [6.07, 6.45) is 1.07. The van der Waals surface area contributed by atoms with Gasteiger partial charge in [0.15, 0.2) is 0 Å². The number of nitrogen functional groups attached to an aromatic ring is 1. The van der Waals surface area contributed by atoms with E-state index in [2.05, 4.69) is 38.2 Å². The summed E-state index contributed by atoms with van der Waals surface area (Å²) in [6.45, 7) is 7.46. The Morgan fingerprint density at radius 3 is 2.54 bits per heavy atom. The Hall–Kier alpha value is -2.20. The number of hydrogen-bond donors (Lipinski definition) is 2. The van der Waals surface area contributed by atoms with Crippen LogP contribution >= 0.6 is 12.4 Å². The molecule has 2 aromatic rings. The van der Waals surface area contributed by atoms with Crippen molar-refractivity contribution in [3.8, 4) is 5.75 Å². The van der Waals surface area contributed by atoms with E-state index in [9.17, 15) is 4.79 Å². The van der Waals surface area contributed by atoms with Gasteiger partial charge in [-0.25, -0.2) is 0 Å². The van der Waals surface area contributed by atoms with Crippen molar-refractivity contribution in [3.05, 3.63) is 59.7 Å². The number of rotatable bonds is 7. The molecule has 0 aliphatic rings. The molecule has 0 fully saturated rings. The van der Waals surface area contributed by atoms with Crippen LogP contribution in [0.2, 0.25) is 0 Å². The Morgan fingerprint density at radius 1 is 1.12 bits per heavy atom. The first-order valence-electron chi connectivity index (χ1n) is 8.69. The van der Waals surface area contributed by atoms with Gasteiger partial charge in [0.2, 0.25) is 5.91 Å². The maximum atomic E-state index is 11.9. The van der Waals surface area contributed by atoms with Gasteiger partial charge in [-0.2, -0.15) is 0 Å². The van der Waals surface area contributed by atoms with Gasteiger partial charge in [0.25, 0.3) is 0 Å². The number of carbonyl (C=O) groups is 1. The molecule has 26 heavy (non-hydrogen) atoms. The number of hydrogen-bond acceptors (Lipinski definition) is 3. The summed E-state index contributed by atoms with van der Waals surface area (Å²) in [6, 6.07) is 15.7. The van der Waals surface area contributed by atoms with E-state index >= 15 is 0 Å². The van der Waals surface area contributed by atoms with Crippen LogP contribution in [0.25, 0.3) is 0 Å². The van der Waals surface area contributed by atoms with Gasteiger partial charge in [-0.05, 0) is 41.2 Å². The molecule has 0 bridgehead atoms. The van der Waals surface area contributed by atoms with Crippen molar-refractivity contribution in [1.82, 2.24) is 5.32 Å². The normalized spacial score (nSPS) is 10.7. The van der Waals surface area contributed by atoms with Crippen LogP contribution in [0, 0.1) is 0 Å². The smallest absolute Gasteiger partial charge is 0.220 e. The predicted molar refractivity (Wildman–Crippen MR) is 110 cm³/mol. The Kier molecular flexibility index (Phi) is 8.46. The Bertz CT molecular complexity index is 711. The molecule has 0 atom stereocenters. The summed E-state index contributed by atoms with van der Waals surface area (Å²) in [7, 11) is 0. The fraction of sp³-hybridized carbons (Fsp3) is 0.381. The fourth-order valence-corrected chi connectivity index (χ4v) is 2.51. The van der Waals surface area contributed by atoms with E-state index in [1.54, 1.807) is 0 Å². The highest BCUT2D eigenvalue weighted by Crippen LogP contribution is 2.25. The highest BCUT2D eigenvalue weighted by atomic mass is 35.5. The van der Waals surface area contributed by atoms with Gasteiger partial charge < -0.3 is 15.8 Å². The van der Waals surface area contributed by atoms with E-state index in [1.165, 1.54) is 5.56 Å². The highest BCUT2D eigenvalue weighted by Gasteiger charge is 2.13. The number of anilines is 1. The Labute approximate surface area is 162 Å². The molecule has 0 radical (unpaired) electrons. The first-order valence-corrected chi connectivity index (χ1v) is 8.69. The summed E-state index contributed by atoms with van der Waals surface area (Å²) in [4.78, 5) is 11.9. The lowest BCUT2D eigenvalue weighted by atomic mass is 9.87. The number of ether oxygens (including phenoxy) is 1. The van der Waals surface area contributed by atoms with Crippen LogP contribution in [0.3, 0.4) is 0 Å². The molecule has 0 heterocycles. The van der Waals surface area contributed by atoms with Gasteiger partial charge in [0, 0.05) is 12.1 Å².